The summed E-state index contributed by atoms with van der Waals surface area (Å²) in [4.78, 5) is 12.0. The first-order valence-corrected chi connectivity index (χ1v) is 8.23. The highest BCUT2D eigenvalue weighted by Crippen LogP contribution is 2.40. The molecule has 1 aliphatic rings. The first-order chi connectivity index (χ1) is 8.93. The van der Waals surface area contributed by atoms with Crippen molar-refractivity contribution in [3.8, 4) is 0 Å². The van der Waals surface area contributed by atoms with Gasteiger partial charge in [0.15, 0.2) is 5.78 Å². The minimum absolute atomic E-state index is 0.104. The van der Waals surface area contributed by atoms with Gasteiger partial charge >= 0.3 is 0 Å². The Labute approximate surface area is 114 Å². The molecule has 0 radical (unpaired) electrons. The van der Waals surface area contributed by atoms with E-state index in [0.29, 0.717) is 23.6 Å². The van der Waals surface area contributed by atoms with Crippen LogP contribution in [0.2, 0.25) is 0 Å². The number of nitrogens with one attached hydrogen (secondary N) is 1. The molecule has 0 aromatic heterocycles. The molecule has 1 aliphatic carbocycles. The molecule has 0 aliphatic heterocycles. The maximum Gasteiger partial charge on any atom is 0.232 e. The number of anilines is 1. The van der Waals surface area contributed by atoms with Gasteiger partial charge in [-0.15, -0.1) is 0 Å². The van der Waals surface area contributed by atoms with Crippen LogP contribution in [0, 0.1) is 11.8 Å². The van der Waals surface area contributed by atoms with Crippen LogP contribution >= 0.6 is 0 Å². The number of Topliss-reactive ketones (excluding diaryl/α,β-unsaturated/α-hetero) is 1. The molecule has 1 aromatic carbocycles. The smallest absolute Gasteiger partial charge is 0.232 e. The van der Waals surface area contributed by atoms with Crippen molar-refractivity contribution in [3.63, 3.8) is 0 Å². The van der Waals surface area contributed by atoms with Crippen LogP contribution in [0.3, 0.4) is 0 Å². The second-order valence-corrected chi connectivity index (χ2v) is 7.02. The van der Waals surface area contributed by atoms with E-state index in [-0.39, 0.29) is 17.5 Å². The van der Waals surface area contributed by atoms with Crippen molar-refractivity contribution in [1.29, 1.82) is 0 Å². The number of benzene rings is 1. The summed E-state index contributed by atoms with van der Waals surface area (Å²) in [6.07, 6.45) is 1.54. The van der Waals surface area contributed by atoms with Crippen molar-refractivity contribution >= 4 is 21.5 Å². The van der Waals surface area contributed by atoms with Crippen LogP contribution in [0.25, 0.3) is 0 Å². The van der Waals surface area contributed by atoms with E-state index in [9.17, 15) is 13.2 Å². The van der Waals surface area contributed by atoms with Gasteiger partial charge in [-0.25, -0.2) is 8.42 Å². The Morgan fingerprint density at radius 3 is 2.37 bits per heavy atom. The molecule has 0 bridgehead atoms. The van der Waals surface area contributed by atoms with Gasteiger partial charge in [0.2, 0.25) is 10.0 Å². The van der Waals surface area contributed by atoms with E-state index in [0.717, 1.165) is 6.42 Å². The Kier molecular flexibility index (Phi) is 3.94. The molecule has 2 rings (SSSR count). The first-order valence-electron chi connectivity index (χ1n) is 6.57. The summed E-state index contributed by atoms with van der Waals surface area (Å²) in [6.45, 7) is 3.88. The van der Waals surface area contributed by atoms with Crippen LogP contribution in [-0.4, -0.2) is 20.0 Å². The molecule has 0 heterocycles. The number of hydrogen-bond donors (Lipinski definition) is 1. The normalized spacial score (nSPS) is 22.0. The fraction of sp³-hybridized carbons (Fsp3) is 0.500. The SMILES string of the molecule is CCCS(=O)(=O)Nc1ccc(C(=O)C2CC2C)cc1. The van der Waals surface area contributed by atoms with Crippen LogP contribution in [0.4, 0.5) is 5.69 Å². The maximum atomic E-state index is 12.0. The number of ketones is 1. The monoisotopic (exact) mass is 281 g/mol. The highest BCUT2D eigenvalue weighted by Gasteiger charge is 2.39. The summed E-state index contributed by atoms with van der Waals surface area (Å²) < 4.78 is 25.7. The summed E-state index contributed by atoms with van der Waals surface area (Å²) >= 11 is 0. The average molecular weight is 281 g/mol. The Morgan fingerprint density at radius 1 is 1.32 bits per heavy atom. The van der Waals surface area contributed by atoms with Crippen molar-refractivity contribution in [1.82, 2.24) is 0 Å². The van der Waals surface area contributed by atoms with Crippen molar-refractivity contribution in [2.75, 3.05) is 10.5 Å². The standard InChI is InChI=1S/C14H19NO3S/c1-3-8-19(17,18)15-12-6-4-11(5-7-12)14(16)13-9-10(13)2/h4-7,10,13,15H,3,8-9H2,1-2H3. The molecule has 104 valence electrons. The van der Waals surface area contributed by atoms with Crippen molar-refractivity contribution < 1.29 is 13.2 Å². The van der Waals surface area contributed by atoms with E-state index in [1.807, 2.05) is 6.92 Å². The highest BCUT2D eigenvalue weighted by atomic mass is 32.2. The van der Waals surface area contributed by atoms with Gasteiger partial charge < -0.3 is 0 Å². The van der Waals surface area contributed by atoms with Gasteiger partial charge in [-0.05, 0) is 43.0 Å². The predicted molar refractivity (Wildman–Crippen MR) is 75.7 cm³/mol. The Hall–Kier alpha value is -1.36. The molecule has 0 spiro atoms. The zero-order valence-corrected chi connectivity index (χ0v) is 12.0. The molecule has 1 aromatic rings. The van der Waals surface area contributed by atoms with E-state index < -0.39 is 10.0 Å². The molecule has 0 saturated heterocycles. The van der Waals surface area contributed by atoms with Crippen LogP contribution in [0.1, 0.15) is 37.0 Å². The molecule has 2 atom stereocenters. The van der Waals surface area contributed by atoms with Crippen LogP contribution in [0.5, 0.6) is 0 Å². The van der Waals surface area contributed by atoms with Gasteiger partial charge in [-0.1, -0.05) is 13.8 Å². The fourth-order valence-corrected chi connectivity index (χ4v) is 3.24. The molecular weight excluding hydrogens is 262 g/mol. The molecule has 0 amide bonds. The second-order valence-electron chi connectivity index (χ2n) is 5.18. The zero-order valence-electron chi connectivity index (χ0n) is 11.2. The first kappa shape index (κ1) is 14.1. The summed E-state index contributed by atoms with van der Waals surface area (Å²) in [5.41, 5.74) is 1.17. The quantitative estimate of drug-likeness (QED) is 0.815. The topological polar surface area (TPSA) is 63.2 Å². The zero-order chi connectivity index (χ0) is 14.0. The maximum absolute atomic E-state index is 12.0. The summed E-state index contributed by atoms with van der Waals surface area (Å²) in [5, 5.41) is 0. The number of sulfonamides is 1. The second kappa shape index (κ2) is 5.33. The van der Waals surface area contributed by atoms with Crippen molar-refractivity contribution in [2.45, 2.75) is 26.7 Å². The van der Waals surface area contributed by atoms with Gasteiger partial charge in [0.1, 0.15) is 0 Å². The molecule has 1 fully saturated rings. The molecule has 2 unspecified atom stereocenters. The van der Waals surface area contributed by atoms with Gasteiger partial charge in [0.05, 0.1) is 5.75 Å². The van der Waals surface area contributed by atoms with Crippen molar-refractivity contribution in [2.24, 2.45) is 11.8 Å². The van der Waals surface area contributed by atoms with Gasteiger partial charge in [0, 0.05) is 17.2 Å². The Bertz CT molecular complexity index is 563. The largest absolute Gasteiger partial charge is 0.294 e. The minimum atomic E-state index is -3.27. The third-order valence-electron chi connectivity index (χ3n) is 3.36. The van der Waals surface area contributed by atoms with Gasteiger partial charge in [-0.2, -0.15) is 0 Å². The molecule has 1 N–H and O–H groups in total. The Balaban J connectivity index is 2.04. The number of hydrogen-bond acceptors (Lipinski definition) is 3. The number of carbonyl (C=O) groups excluding carboxylic acids is 1. The molecule has 4 nitrogen and oxygen atoms in total. The fourth-order valence-electron chi connectivity index (χ4n) is 2.10. The van der Waals surface area contributed by atoms with E-state index in [1.165, 1.54) is 0 Å². The summed E-state index contributed by atoms with van der Waals surface area (Å²) in [5.74, 6) is 0.904. The number of rotatable bonds is 6. The lowest BCUT2D eigenvalue weighted by Gasteiger charge is -2.07. The molecular formula is C14H19NO3S. The van der Waals surface area contributed by atoms with Crippen LogP contribution < -0.4 is 4.72 Å². The Morgan fingerprint density at radius 2 is 1.89 bits per heavy atom. The third-order valence-corrected chi connectivity index (χ3v) is 4.85. The molecule has 1 saturated carbocycles. The van der Waals surface area contributed by atoms with Gasteiger partial charge in [-0.3, -0.25) is 9.52 Å². The average Bonchev–Trinajstić information content (AvgIpc) is 3.06. The molecule has 5 heteroatoms. The van der Waals surface area contributed by atoms with Crippen LogP contribution in [0.15, 0.2) is 24.3 Å². The number of carbonyl (C=O) groups is 1. The lowest BCUT2D eigenvalue weighted by molar-refractivity contribution is 0.0962. The van der Waals surface area contributed by atoms with Crippen molar-refractivity contribution in [3.05, 3.63) is 29.8 Å². The van der Waals surface area contributed by atoms with E-state index in [4.69, 9.17) is 0 Å². The predicted octanol–water partition coefficient (Wildman–Crippen LogP) is 2.68. The third kappa shape index (κ3) is 3.56. The lowest BCUT2D eigenvalue weighted by Crippen LogP contribution is -2.16. The highest BCUT2D eigenvalue weighted by molar-refractivity contribution is 7.92. The lowest BCUT2D eigenvalue weighted by atomic mass is 10.1. The van der Waals surface area contributed by atoms with E-state index in [1.54, 1.807) is 24.3 Å². The minimum Gasteiger partial charge on any atom is -0.294 e. The van der Waals surface area contributed by atoms with E-state index >= 15 is 0 Å². The molecule has 19 heavy (non-hydrogen) atoms. The van der Waals surface area contributed by atoms with Crippen LogP contribution in [-0.2, 0) is 10.0 Å². The van der Waals surface area contributed by atoms with Gasteiger partial charge in [0.25, 0.3) is 0 Å². The summed E-state index contributed by atoms with van der Waals surface area (Å²) in [7, 11) is -3.27. The summed E-state index contributed by atoms with van der Waals surface area (Å²) in [6, 6.07) is 6.68. The van der Waals surface area contributed by atoms with E-state index in [2.05, 4.69) is 11.6 Å².